The number of hydrogen-bond donors (Lipinski definition) is 0. The molecule has 1 heterocycles. The summed E-state index contributed by atoms with van der Waals surface area (Å²) < 4.78 is 0. The van der Waals surface area contributed by atoms with E-state index in [1.54, 1.807) is 0 Å². The van der Waals surface area contributed by atoms with Crippen LogP contribution in [0, 0.1) is 0 Å². The first-order chi connectivity index (χ1) is 26.8. The van der Waals surface area contributed by atoms with Crippen molar-refractivity contribution in [2.75, 3.05) is 4.90 Å². The molecule has 0 amide bonds. The first-order valence-corrected chi connectivity index (χ1v) is 20.9. The molecule has 276 valence electrons. The molecule has 1 aliphatic heterocycles. The van der Waals surface area contributed by atoms with Gasteiger partial charge in [0.2, 0.25) is 0 Å². The molecule has 0 fully saturated rings. The summed E-state index contributed by atoms with van der Waals surface area (Å²) in [5, 5.41) is 0. The van der Waals surface area contributed by atoms with Gasteiger partial charge in [-0.1, -0.05) is 170 Å². The third kappa shape index (κ3) is 5.01. The summed E-state index contributed by atoms with van der Waals surface area (Å²) in [6.45, 7) is 18.8. The molecule has 0 bridgehead atoms. The van der Waals surface area contributed by atoms with Crippen molar-refractivity contribution in [3.05, 3.63) is 196 Å². The summed E-state index contributed by atoms with van der Waals surface area (Å²) >= 11 is 1.93. The zero-order valence-electron chi connectivity index (χ0n) is 33.8. The maximum Gasteiger partial charge on any atom is 0.0736 e. The third-order valence-corrected chi connectivity index (χ3v) is 14.0. The van der Waals surface area contributed by atoms with Crippen LogP contribution in [0.3, 0.4) is 0 Å². The van der Waals surface area contributed by atoms with Gasteiger partial charge in [0.05, 0.1) is 5.41 Å². The number of nitrogens with zero attached hydrogens (tertiary/aromatic N) is 1. The van der Waals surface area contributed by atoms with Crippen molar-refractivity contribution < 1.29 is 0 Å². The number of anilines is 3. The predicted molar refractivity (Wildman–Crippen MR) is 238 cm³/mol. The van der Waals surface area contributed by atoms with Crippen LogP contribution in [0.4, 0.5) is 17.1 Å². The van der Waals surface area contributed by atoms with Gasteiger partial charge >= 0.3 is 0 Å². The molecule has 7 aromatic rings. The molecule has 0 saturated carbocycles. The van der Waals surface area contributed by atoms with E-state index in [0.717, 1.165) is 11.4 Å². The second-order valence-electron chi connectivity index (χ2n) is 18.6. The summed E-state index contributed by atoms with van der Waals surface area (Å²) in [5.74, 6) is 0. The summed E-state index contributed by atoms with van der Waals surface area (Å²) in [6, 6.07) is 58.1. The average molecular weight is 744 g/mol. The van der Waals surface area contributed by atoms with Crippen molar-refractivity contribution in [3.8, 4) is 22.3 Å². The van der Waals surface area contributed by atoms with Gasteiger partial charge in [-0.15, -0.1) is 0 Å². The molecule has 1 spiro atoms. The summed E-state index contributed by atoms with van der Waals surface area (Å²) in [4.78, 5) is 5.15. The van der Waals surface area contributed by atoms with E-state index in [1.807, 2.05) is 11.8 Å². The van der Waals surface area contributed by atoms with Crippen molar-refractivity contribution in [3.63, 3.8) is 0 Å². The van der Waals surface area contributed by atoms with E-state index in [1.165, 1.54) is 82.2 Å². The van der Waals surface area contributed by atoms with E-state index < -0.39 is 5.41 Å². The number of benzene rings is 7. The topological polar surface area (TPSA) is 3.24 Å². The lowest BCUT2D eigenvalue weighted by Gasteiger charge is -2.41. The molecule has 0 N–H and O–H groups in total. The van der Waals surface area contributed by atoms with E-state index in [-0.39, 0.29) is 16.2 Å². The van der Waals surface area contributed by atoms with Gasteiger partial charge in [0.25, 0.3) is 0 Å². The Morgan fingerprint density at radius 1 is 0.393 bits per heavy atom. The van der Waals surface area contributed by atoms with Crippen LogP contribution in [0.15, 0.2) is 161 Å². The molecule has 0 radical (unpaired) electrons. The lowest BCUT2D eigenvalue weighted by Crippen LogP contribution is -2.33. The van der Waals surface area contributed by atoms with Crippen molar-refractivity contribution in [1.29, 1.82) is 0 Å². The van der Waals surface area contributed by atoms with Crippen LogP contribution < -0.4 is 4.90 Å². The number of hydrogen-bond acceptors (Lipinski definition) is 2. The van der Waals surface area contributed by atoms with Crippen LogP contribution in [0.5, 0.6) is 0 Å². The fraction of sp³-hybridized carbons (Fsp3) is 0.222. The highest BCUT2D eigenvalue weighted by Gasteiger charge is 2.51. The highest BCUT2D eigenvalue weighted by Crippen LogP contribution is 2.63. The summed E-state index contributed by atoms with van der Waals surface area (Å²) in [5.41, 5.74) is 19.2. The predicted octanol–water partition coefficient (Wildman–Crippen LogP) is 14.9. The fourth-order valence-electron chi connectivity index (χ4n) is 9.86. The van der Waals surface area contributed by atoms with E-state index in [4.69, 9.17) is 0 Å². The molecule has 0 atom stereocenters. The monoisotopic (exact) mass is 743 g/mol. The molecule has 56 heavy (non-hydrogen) atoms. The Labute approximate surface area is 337 Å². The van der Waals surface area contributed by atoms with E-state index in [0.29, 0.717) is 0 Å². The maximum atomic E-state index is 2.54. The first kappa shape index (κ1) is 35.1. The van der Waals surface area contributed by atoms with Crippen molar-refractivity contribution in [2.45, 2.75) is 86.8 Å². The Balaban J connectivity index is 1.27. The molecule has 7 aromatic carbocycles. The van der Waals surface area contributed by atoms with Crippen molar-refractivity contribution in [2.24, 2.45) is 0 Å². The SMILES string of the molecule is CC(C)(C)c1ccc2c(c1)C1(c3cc(C(C)(C)C)ccc3S2)c2ccccc2-c2ccc(N(c3ccccc3)c3ccc4c(c3)C(C)(C)c3ccccc3-4)cc21. The van der Waals surface area contributed by atoms with Gasteiger partial charge in [0, 0.05) is 32.3 Å². The van der Waals surface area contributed by atoms with Crippen LogP contribution in [0.1, 0.15) is 99.9 Å². The van der Waals surface area contributed by atoms with E-state index in [2.05, 4.69) is 212 Å². The Kier molecular flexibility index (Phi) is 7.59. The quantitative estimate of drug-likeness (QED) is 0.177. The second-order valence-corrected chi connectivity index (χ2v) is 19.7. The van der Waals surface area contributed by atoms with Crippen LogP contribution in [-0.2, 0) is 21.7 Å². The van der Waals surface area contributed by atoms with E-state index >= 15 is 0 Å². The molecule has 2 heteroatoms. The molecule has 0 aromatic heterocycles. The van der Waals surface area contributed by atoms with E-state index in [9.17, 15) is 0 Å². The van der Waals surface area contributed by atoms with Gasteiger partial charge in [-0.3, -0.25) is 0 Å². The number of rotatable bonds is 3. The molecular weight excluding hydrogens is 695 g/mol. The molecule has 1 nitrogen and oxygen atoms in total. The third-order valence-electron chi connectivity index (χ3n) is 12.8. The van der Waals surface area contributed by atoms with Gasteiger partial charge in [-0.2, -0.15) is 0 Å². The molecule has 2 aliphatic carbocycles. The van der Waals surface area contributed by atoms with Gasteiger partial charge in [0.15, 0.2) is 0 Å². The lowest BCUT2D eigenvalue weighted by atomic mass is 9.65. The van der Waals surface area contributed by atoms with Gasteiger partial charge in [0.1, 0.15) is 0 Å². The zero-order valence-corrected chi connectivity index (χ0v) is 34.6. The maximum absolute atomic E-state index is 2.54. The molecule has 10 rings (SSSR count). The second kappa shape index (κ2) is 12.1. The van der Waals surface area contributed by atoms with Crippen LogP contribution >= 0.6 is 11.8 Å². The van der Waals surface area contributed by atoms with Crippen LogP contribution in [-0.4, -0.2) is 0 Å². The highest BCUT2D eigenvalue weighted by atomic mass is 32.2. The number of fused-ring (bicyclic) bond motifs is 12. The molecule has 0 saturated heterocycles. The largest absolute Gasteiger partial charge is 0.310 e. The first-order valence-electron chi connectivity index (χ1n) is 20.1. The Morgan fingerprint density at radius 2 is 0.857 bits per heavy atom. The zero-order chi connectivity index (χ0) is 38.8. The highest BCUT2D eigenvalue weighted by molar-refractivity contribution is 7.99. The lowest BCUT2D eigenvalue weighted by molar-refractivity contribution is 0.581. The molecule has 0 unspecified atom stereocenters. The minimum Gasteiger partial charge on any atom is -0.310 e. The average Bonchev–Trinajstić information content (AvgIpc) is 3.60. The van der Waals surface area contributed by atoms with Gasteiger partial charge < -0.3 is 4.90 Å². The van der Waals surface area contributed by atoms with Gasteiger partial charge in [-0.05, 0) is 126 Å². The van der Waals surface area contributed by atoms with Crippen LogP contribution in [0.2, 0.25) is 0 Å². The standard InChI is InChI=1S/C54H49NS/c1-51(2,3)34-22-28-49-47(30-34)54(48-31-35(52(4,5)6)23-29-50(48)56-49)44-21-15-13-19-40(44)42-27-25-38(33-46(42)54)55(36-16-10-9-11-17-36)37-24-26-41-39-18-12-14-20-43(39)53(7,8)45(41)32-37/h9-33H,1-8H3. The van der Waals surface area contributed by atoms with Crippen molar-refractivity contribution in [1.82, 2.24) is 0 Å². The van der Waals surface area contributed by atoms with Crippen molar-refractivity contribution >= 4 is 28.8 Å². The normalized spacial score (nSPS) is 15.4. The van der Waals surface area contributed by atoms with Gasteiger partial charge in [-0.25, -0.2) is 0 Å². The minimum atomic E-state index is -0.496. The molecular formula is C54H49NS. The van der Waals surface area contributed by atoms with Crippen LogP contribution in [0.25, 0.3) is 22.3 Å². The Hall–Kier alpha value is -5.31. The summed E-state index contributed by atoms with van der Waals surface area (Å²) in [7, 11) is 0. The molecule has 3 aliphatic rings. The minimum absolute atomic E-state index is 0.00232. The summed E-state index contributed by atoms with van der Waals surface area (Å²) in [6.07, 6.45) is 0. The number of para-hydroxylation sites is 1. The smallest absolute Gasteiger partial charge is 0.0736 e. The fourth-order valence-corrected chi connectivity index (χ4v) is 11.0. The Morgan fingerprint density at radius 3 is 1.43 bits per heavy atom. The Bertz CT molecular complexity index is 2660.